The van der Waals surface area contributed by atoms with Crippen LogP contribution in [0.4, 0.5) is 5.69 Å². The molecule has 1 fully saturated rings. The van der Waals surface area contributed by atoms with Gasteiger partial charge in [0.25, 0.3) is 0 Å². The van der Waals surface area contributed by atoms with Gasteiger partial charge in [-0.3, -0.25) is 9.69 Å². The molecule has 1 atom stereocenters. The first-order valence-corrected chi connectivity index (χ1v) is 7.58. The molecule has 2 aliphatic rings. The first kappa shape index (κ1) is 16.3. The van der Waals surface area contributed by atoms with E-state index in [9.17, 15) is 4.79 Å². The monoisotopic (exact) mass is 309 g/mol. The van der Waals surface area contributed by atoms with E-state index in [1.165, 1.54) is 5.56 Å². The van der Waals surface area contributed by atoms with Crippen LogP contribution in [0.15, 0.2) is 24.3 Å². The molecule has 5 heteroatoms. The van der Waals surface area contributed by atoms with Crippen LogP contribution in [0.25, 0.3) is 0 Å². The van der Waals surface area contributed by atoms with Gasteiger partial charge >= 0.3 is 0 Å². The highest BCUT2D eigenvalue weighted by Gasteiger charge is 2.25. The number of carbonyl (C=O) groups is 1. The Balaban J connectivity index is 0.00000161. The van der Waals surface area contributed by atoms with E-state index in [0.717, 1.165) is 44.7 Å². The quantitative estimate of drug-likeness (QED) is 0.903. The summed E-state index contributed by atoms with van der Waals surface area (Å²) in [5, 5.41) is 3.41. The third-order valence-electron chi connectivity index (χ3n) is 4.22. The Bertz CT molecular complexity index is 494. The second-order valence-electron chi connectivity index (χ2n) is 5.87. The van der Waals surface area contributed by atoms with Crippen LogP contribution in [0.2, 0.25) is 0 Å². The predicted octanol–water partition coefficient (Wildman–Crippen LogP) is 1.68. The first-order valence-electron chi connectivity index (χ1n) is 7.58. The van der Waals surface area contributed by atoms with Crippen molar-refractivity contribution in [2.24, 2.45) is 0 Å². The van der Waals surface area contributed by atoms with Crippen molar-refractivity contribution in [1.29, 1.82) is 0 Å². The summed E-state index contributed by atoms with van der Waals surface area (Å²) < 4.78 is 0. The minimum Gasteiger partial charge on any atom is -0.312 e. The van der Waals surface area contributed by atoms with Gasteiger partial charge in [-0.25, -0.2) is 0 Å². The fourth-order valence-corrected chi connectivity index (χ4v) is 3.23. The van der Waals surface area contributed by atoms with Crippen LogP contribution in [0.5, 0.6) is 0 Å². The molecular weight excluding hydrogens is 286 g/mol. The van der Waals surface area contributed by atoms with Crippen molar-refractivity contribution in [3.63, 3.8) is 0 Å². The molecule has 116 valence electrons. The van der Waals surface area contributed by atoms with Crippen molar-refractivity contribution in [2.75, 3.05) is 37.6 Å². The summed E-state index contributed by atoms with van der Waals surface area (Å²) in [4.78, 5) is 16.8. The lowest BCUT2D eigenvalue weighted by Gasteiger charge is -2.35. The van der Waals surface area contributed by atoms with E-state index in [2.05, 4.69) is 35.3 Å². The molecule has 21 heavy (non-hydrogen) atoms. The number of amides is 1. The third kappa shape index (κ3) is 3.76. The summed E-state index contributed by atoms with van der Waals surface area (Å²) in [6.07, 6.45) is 2.16. The van der Waals surface area contributed by atoms with E-state index in [4.69, 9.17) is 0 Å². The number of carbonyl (C=O) groups excluding carboxylic acids is 1. The maximum atomic E-state index is 12.6. The third-order valence-corrected chi connectivity index (χ3v) is 4.22. The Morgan fingerprint density at radius 1 is 1.33 bits per heavy atom. The molecule has 0 spiro atoms. The zero-order valence-corrected chi connectivity index (χ0v) is 13.4. The first-order chi connectivity index (χ1) is 9.74. The predicted molar refractivity (Wildman–Crippen MR) is 88.3 cm³/mol. The molecule has 1 aromatic rings. The highest BCUT2D eigenvalue weighted by molar-refractivity contribution is 5.95. The van der Waals surface area contributed by atoms with Gasteiger partial charge in [-0.05, 0) is 31.4 Å². The molecule has 0 saturated carbocycles. The normalized spacial score (nSPS) is 22.3. The number of aryl methyl sites for hydroxylation is 1. The van der Waals surface area contributed by atoms with Crippen LogP contribution in [0, 0.1) is 0 Å². The molecule has 2 aliphatic heterocycles. The Kier molecular flexibility index (Phi) is 5.62. The van der Waals surface area contributed by atoms with Crippen LogP contribution in [-0.4, -0.2) is 49.6 Å². The second-order valence-corrected chi connectivity index (χ2v) is 5.87. The zero-order valence-electron chi connectivity index (χ0n) is 12.5. The molecule has 0 radical (unpaired) electrons. The summed E-state index contributed by atoms with van der Waals surface area (Å²) in [6.45, 7) is 6.47. The van der Waals surface area contributed by atoms with Gasteiger partial charge in [0.2, 0.25) is 5.91 Å². The fraction of sp³-hybridized carbons (Fsp3) is 0.562. The van der Waals surface area contributed by atoms with Crippen LogP contribution in [0.3, 0.4) is 0 Å². The number of nitrogens with zero attached hydrogens (tertiary/aromatic N) is 2. The minimum absolute atomic E-state index is 0. The number of halogens is 1. The SMILES string of the molecule is CC1CN(CC(=O)N2CCCc3ccccc32)CCN1.Cl. The number of rotatable bonds is 2. The molecule has 0 bridgehead atoms. The molecular formula is C16H24ClN3O. The van der Waals surface area contributed by atoms with Crippen LogP contribution in [-0.2, 0) is 11.2 Å². The standard InChI is InChI=1S/C16H23N3O.ClH/c1-13-11-18(10-8-17-13)12-16(20)19-9-4-6-14-5-2-3-7-15(14)19;/h2-3,5,7,13,17H,4,6,8-12H2,1H3;1H. The number of anilines is 1. The fourth-order valence-electron chi connectivity index (χ4n) is 3.23. The van der Waals surface area contributed by atoms with E-state index >= 15 is 0 Å². The van der Waals surface area contributed by atoms with Gasteiger partial charge in [0.05, 0.1) is 6.54 Å². The van der Waals surface area contributed by atoms with Gasteiger partial charge in [-0.15, -0.1) is 12.4 Å². The lowest BCUT2D eigenvalue weighted by Crippen LogP contribution is -2.52. The van der Waals surface area contributed by atoms with Crippen molar-refractivity contribution in [3.05, 3.63) is 29.8 Å². The maximum absolute atomic E-state index is 12.6. The lowest BCUT2D eigenvalue weighted by atomic mass is 10.0. The summed E-state index contributed by atoms with van der Waals surface area (Å²) >= 11 is 0. The number of hydrogen-bond acceptors (Lipinski definition) is 3. The molecule has 0 aromatic heterocycles. The highest BCUT2D eigenvalue weighted by Crippen LogP contribution is 2.26. The van der Waals surface area contributed by atoms with E-state index in [0.29, 0.717) is 12.6 Å². The van der Waals surface area contributed by atoms with E-state index in [-0.39, 0.29) is 18.3 Å². The number of benzene rings is 1. The number of hydrogen-bond donors (Lipinski definition) is 1. The van der Waals surface area contributed by atoms with Gasteiger partial charge in [0.1, 0.15) is 0 Å². The smallest absolute Gasteiger partial charge is 0.241 e. The van der Waals surface area contributed by atoms with E-state index < -0.39 is 0 Å². The van der Waals surface area contributed by atoms with Crippen LogP contribution < -0.4 is 10.2 Å². The molecule has 1 saturated heterocycles. The van der Waals surface area contributed by atoms with Crippen molar-refractivity contribution >= 4 is 24.0 Å². The number of fused-ring (bicyclic) bond motifs is 1. The van der Waals surface area contributed by atoms with Gasteiger partial charge in [-0.2, -0.15) is 0 Å². The zero-order chi connectivity index (χ0) is 13.9. The number of piperazine rings is 1. The van der Waals surface area contributed by atoms with Crippen molar-refractivity contribution in [2.45, 2.75) is 25.8 Å². The average Bonchev–Trinajstić information content (AvgIpc) is 2.46. The summed E-state index contributed by atoms with van der Waals surface area (Å²) in [5.41, 5.74) is 2.42. The van der Waals surface area contributed by atoms with Crippen molar-refractivity contribution in [3.8, 4) is 0 Å². The number of nitrogens with one attached hydrogen (secondary N) is 1. The van der Waals surface area contributed by atoms with Gasteiger partial charge in [0.15, 0.2) is 0 Å². The van der Waals surface area contributed by atoms with Crippen LogP contribution in [0.1, 0.15) is 18.9 Å². The summed E-state index contributed by atoms with van der Waals surface area (Å²) in [7, 11) is 0. The topological polar surface area (TPSA) is 35.6 Å². The molecule has 3 rings (SSSR count). The van der Waals surface area contributed by atoms with Crippen LogP contribution >= 0.6 is 12.4 Å². The molecule has 1 N–H and O–H groups in total. The van der Waals surface area contributed by atoms with Crippen molar-refractivity contribution in [1.82, 2.24) is 10.2 Å². The van der Waals surface area contributed by atoms with Crippen molar-refractivity contribution < 1.29 is 4.79 Å². The average molecular weight is 310 g/mol. The minimum atomic E-state index is 0. The Morgan fingerprint density at radius 2 is 2.14 bits per heavy atom. The molecule has 4 nitrogen and oxygen atoms in total. The second kappa shape index (κ2) is 7.25. The number of para-hydroxylation sites is 1. The largest absolute Gasteiger partial charge is 0.312 e. The Hall–Kier alpha value is -1.10. The van der Waals surface area contributed by atoms with E-state index in [1.807, 2.05) is 11.0 Å². The Morgan fingerprint density at radius 3 is 2.95 bits per heavy atom. The summed E-state index contributed by atoms with van der Waals surface area (Å²) in [6, 6.07) is 8.78. The molecule has 0 aliphatic carbocycles. The van der Waals surface area contributed by atoms with E-state index in [1.54, 1.807) is 0 Å². The highest BCUT2D eigenvalue weighted by atomic mass is 35.5. The Labute approximate surface area is 132 Å². The lowest BCUT2D eigenvalue weighted by molar-refractivity contribution is -0.120. The van der Waals surface area contributed by atoms with Gasteiger partial charge < -0.3 is 10.2 Å². The molecule has 2 heterocycles. The molecule has 1 aromatic carbocycles. The van der Waals surface area contributed by atoms with Gasteiger partial charge in [-0.1, -0.05) is 18.2 Å². The maximum Gasteiger partial charge on any atom is 0.241 e. The molecule has 1 amide bonds. The molecule has 1 unspecified atom stereocenters. The van der Waals surface area contributed by atoms with Gasteiger partial charge in [0, 0.05) is 37.9 Å². The summed E-state index contributed by atoms with van der Waals surface area (Å²) in [5.74, 6) is 0.242.